The molecule has 0 bridgehead atoms. The lowest BCUT2D eigenvalue weighted by Gasteiger charge is -2.26. The number of rotatable bonds is 2. The van der Waals surface area contributed by atoms with E-state index in [0.717, 1.165) is 52.0 Å². The third kappa shape index (κ3) is 2.68. The summed E-state index contributed by atoms with van der Waals surface area (Å²) < 4.78 is 6.30. The minimum atomic E-state index is 0.259. The molecule has 4 nitrogen and oxygen atoms in total. The van der Waals surface area contributed by atoms with Crippen LogP contribution in [0.2, 0.25) is 0 Å². The second-order valence-electron chi connectivity index (χ2n) is 4.66. The molecule has 20 heavy (non-hydrogen) atoms. The van der Waals surface area contributed by atoms with Crippen LogP contribution >= 0.6 is 27.3 Å². The van der Waals surface area contributed by atoms with E-state index in [2.05, 4.69) is 20.8 Å². The molecule has 6 heteroatoms. The third-order valence-electron chi connectivity index (χ3n) is 3.28. The van der Waals surface area contributed by atoms with Crippen molar-refractivity contribution in [3.05, 3.63) is 27.5 Å². The van der Waals surface area contributed by atoms with Crippen LogP contribution in [0.3, 0.4) is 0 Å². The van der Waals surface area contributed by atoms with Crippen LogP contribution in [0.25, 0.3) is 11.3 Å². The lowest BCUT2D eigenvalue weighted by atomic mass is 10.1. The normalized spacial score (nSPS) is 15.6. The molecule has 2 aromatic rings. The number of hydrogen-bond donors (Lipinski definition) is 1. The van der Waals surface area contributed by atoms with Crippen LogP contribution in [-0.4, -0.2) is 36.4 Å². The van der Waals surface area contributed by atoms with Crippen LogP contribution in [0.15, 0.2) is 22.7 Å². The van der Waals surface area contributed by atoms with Crippen molar-refractivity contribution in [3.8, 4) is 17.0 Å². The third-order valence-corrected chi connectivity index (χ3v) is 4.81. The number of aryl methyl sites for hydroxylation is 1. The van der Waals surface area contributed by atoms with Crippen LogP contribution in [0, 0.1) is 6.92 Å². The van der Waals surface area contributed by atoms with E-state index in [9.17, 15) is 5.11 Å². The molecule has 0 amide bonds. The van der Waals surface area contributed by atoms with Crippen molar-refractivity contribution in [2.24, 2.45) is 0 Å². The maximum Gasteiger partial charge on any atom is 0.186 e. The Bertz CT molecular complexity index is 624. The second-order valence-corrected chi connectivity index (χ2v) is 6.76. The number of hydrogen-bond acceptors (Lipinski definition) is 5. The number of phenolic OH excluding ortho intramolecular Hbond substituents is 1. The molecule has 1 fully saturated rings. The van der Waals surface area contributed by atoms with E-state index in [-0.39, 0.29) is 5.75 Å². The number of benzene rings is 1. The predicted molar refractivity (Wildman–Crippen MR) is 84.7 cm³/mol. The molecule has 0 radical (unpaired) electrons. The number of aromatic hydroxyl groups is 1. The highest BCUT2D eigenvalue weighted by Gasteiger charge is 2.19. The van der Waals surface area contributed by atoms with Crippen molar-refractivity contribution in [3.63, 3.8) is 0 Å². The topological polar surface area (TPSA) is 45.6 Å². The molecule has 1 aliphatic rings. The number of halogens is 1. The highest BCUT2D eigenvalue weighted by molar-refractivity contribution is 9.10. The Morgan fingerprint density at radius 2 is 2.10 bits per heavy atom. The summed E-state index contributed by atoms with van der Waals surface area (Å²) in [6.45, 7) is 5.28. The van der Waals surface area contributed by atoms with Crippen molar-refractivity contribution in [2.45, 2.75) is 6.92 Å². The van der Waals surface area contributed by atoms with Gasteiger partial charge >= 0.3 is 0 Å². The van der Waals surface area contributed by atoms with Gasteiger partial charge in [-0.15, -0.1) is 11.3 Å². The molecule has 3 rings (SSSR count). The fraction of sp³-hybridized carbons (Fsp3) is 0.357. The Morgan fingerprint density at radius 1 is 1.35 bits per heavy atom. The Labute approximate surface area is 130 Å². The molecular weight excluding hydrogens is 340 g/mol. The van der Waals surface area contributed by atoms with Crippen LogP contribution in [0.5, 0.6) is 5.75 Å². The summed E-state index contributed by atoms with van der Waals surface area (Å²) in [5, 5.41) is 11.0. The molecule has 1 saturated heterocycles. The minimum absolute atomic E-state index is 0.259. The van der Waals surface area contributed by atoms with Gasteiger partial charge in [0.15, 0.2) is 5.13 Å². The van der Waals surface area contributed by atoms with Gasteiger partial charge in [-0.3, -0.25) is 0 Å². The van der Waals surface area contributed by atoms with Gasteiger partial charge in [0.2, 0.25) is 0 Å². The molecule has 1 N–H and O–H groups in total. The van der Waals surface area contributed by atoms with Crippen LogP contribution in [-0.2, 0) is 4.74 Å². The quantitative estimate of drug-likeness (QED) is 0.897. The van der Waals surface area contributed by atoms with Gasteiger partial charge in [0.25, 0.3) is 0 Å². The van der Waals surface area contributed by atoms with E-state index in [1.807, 2.05) is 19.1 Å². The highest BCUT2D eigenvalue weighted by atomic mass is 79.9. The summed E-state index contributed by atoms with van der Waals surface area (Å²) in [5.41, 5.74) is 1.63. The van der Waals surface area contributed by atoms with Crippen LogP contribution < -0.4 is 4.90 Å². The van der Waals surface area contributed by atoms with Gasteiger partial charge in [-0.05, 0) is 25.1 Å². The molecule has 0 spiro atoms. The van der Waals surface area contributed by atoms with Gasteiger partial charge < -0.3 is 14.7 Å². The monoisotopic (exact) mass is 354 g/mol. The maximum atomic E-state index is 10.0. The average molecular weight is 355 g/mol. The fourth-order valence-electron chi connectivity index (χ4n) is 2.22. The van der Waals surface area contributed by atoms with E-state index in [1.165, 1.54) is 0 Å². The smallest absolute Gasteiger partial charge is 0.186 e. The maximum absolute atomic E-state index is 10.0. The Hall–Kier alpha value is -1.11. The molecular formula is C14H15BrN2O2S. The summed E-state index contributed by atoms with van der Waals surface area (Å²) in [6.07, 6.45) is 0. The number of thiazole rings is 1. The standard InChI is InChI=1S/C14H15BrN2O2S/c1-9-13(11-8-10(15)2-3-12(11)18)16-14(20-9)17-4-6-19-7-5-17/h2-3,8,18H,4-7H2,1H3. The Balaban J connectivity index is 1.98. The molecule has 1 aromatic carbocycles. The molecule has 1 aliphatic heterocycles. The lowest BCUT2D eigenvalue weighted by Crippen LogP contribution is -2.36. The zero-order valence-corrected chi connectivity index (χ0v) is 13.5. The van der Waals surface area contributed by atoms with E-state index in [1.54, 1.807) is 17.4 Å². The van der Waals surface area contributed by atoms with Crippen molar-refractivity contribution in [1.82, 2.24) is 4.98 Å². The van der Waals surface area contributed by atoms with E-state index < -0.39 is 0 Å². The molecule has 1 aromatic heterocycles. The Morgan fingerprint density at radius 3 is 2.85 bits per heavy atom. The Kier molecular flexibility index (Phi) is 3.96. The largest absolute Gasteiger partial charge is 0.507 e. The van der Waals surface area contributed by atoms with Gasteiger partial charge in [-0.2, -0.15) is 0 Å². The van der Waals surface area contributed by atoms with Crippen molar-refractivity contribution in [1.29, 1.82) is 0 Å². The van der Waals surface area contributed by atoms with E-state index in [0.29, 0.717) is 0 Å². The first-order chi connectivity index (χ1) is 9.65. The lowest BCUT2D eigenvalue weighted by molar-refractivity contribution is 0.122. The number of nitrogens with zero attached hydrogens (tertiary/aromatic N) is 2. The first-order valence-corrected chi connectivity index (χ1v) is 8.05. The van der Waals surface area contributed by atoms with Crippen molar-refractivity contribution >= 4 is 32.4 Å². The summed E-state index contributed by atoms with van der Waals surface area (Å²) in [4.78, 5) is 8.06. The van der Waals surface area contributed by atoms with Crippen molar-refractivity contribution in [2.75, 3.05) is 31.2 Å². The first kappa shape index (κ1) is 13.9. The molecule has 0 atom stereocenters. The SMILES string of the molecule is Cc1sc(N2CCOCC2)nc1-c1cc(Br)ccc1O. The van der Waals surface area contributed by atoms with Gasteiger partial charge in [0.1, 0.15) is 5.75 Å². The molecule has 0 unspecified atom stereocenters. The summed E-state index contributed by atoms with van der Waals surface area (Å²) in [5.74, 6) is 0.259. The van der Waals surface area contributed by atoms with Crippen molar-refractivity contribution < 1.29 is 9.84 Å². The second kappa shape index (κ2) is 5.71. The van der Waals surface area contributed by atoms with Crippen LogP contribution in [0.4, 0.5) is 5.13 Å². The average Bonchev–Trinajstić information content (AvgIpc) is 2.84. The van der Waals surface area contributed by atoms with E-state index >= 15 is 0 Å². The van der Waals surface area contributed by atoms with Gasteiger partial charge in [-0.1, -0.05) is 15.9 Å². The van der Waals surface area contributed by atoms with E-state index in [4.69, 9.17) is 9.72 Å². The molecule has 0 aliphatic carbocycles. The summed E-state index contributed by atoms with van der Waals surface area (Å²) >= 11 is 5.10. The van der Waals surface area contributed by atoms with Gasteiger partial charge in [0, 0.05) is 28.0 Å². The number of ether oxygens (including phenoxy) is 1. The van der Waals surface area contributed by atoms with Gasteiger partial charge in [0.05, 0.1) is 18.9 Å². The summed E-state index contributed by atoms with van der Waals surface area (Å²) in [6, 6.07) is 5.41. The molecule has 2 heterocycles. The minimum Gasteiger partial charge on any atom is -0.507 e. The first-order valence-electron chi connectivity index (χ1n) is 6.44. The number of anilines is 1. The predicted octanol–water partition coefficient (Wildman–Crippen LogP) is 3.42. The zero-order valence-electron chi connectivity index (χ0n) is 11.1. The van der Waals surface area contributed by atoms with Gasteiger partial charge in [-0.25, -0.2) is 4.98 Å². The highest BCUT2D eigenvalue weighted by Crippen LogP contribution is 2.38. The van der Waals surface area contributed by atoms with Crippen LogP contribution in [0.1, 0.15) is 4.88 Å². The molecule has 0 saturated carbocycles. The molecule has 106 valence electrons. The fourth-order valence-corrected chi connectivity index (χ4v) is 3.56. The summed E-state index contributed by atoms with van der Waals surface area (Å²) in [7, 11) is 0. The number of aromatic nitrogens is 1. The number of morpholine rings is 1. The zero-order chi connectivity index (χ0) is 14.1. The number of phenols is 1.